The highest BCUT2D eigenvalue weighted by Gasteiger charge is 2.17. The van der Waals surface area contributed by atoms with Gasteiger partial charge in [0.1, 0.15) is 17.1 Å². The number of benzene rings is 3. The van der Waals surface area contributed by atoms with Crippen molar-refractivity contribution in [1.82, 2.24) is 0 Å². The van der Waals surface area contributed by atoms with Gasteiger partial charge in [0.2, 0.25) is 0 Å². The number of phenolic OH excluding ortho intramolecular Hbond substituents is 1. The molecule has 23 heavy (non-hydrogen) atoms. The Morgan fingerprint density at radius 1 is 0.913 bits per heavy atom. The van der Waals surface area contributed by atoms with Crippen LogP contribution in [-0.4, -0.2) is 5.11 Å². The van der Waals surface area contributed by atoms with E-state index >= 15 is 0 Å². The lowest BCUT2D eigenvalue weighted by molar-refractivity contribution is 0.474. The summed E-state index contributed by atoms with van der Waals surface area (Å²) in [5.41, 5.74) is 4.57. The summed E-state index contributed by atoms with van der Waals surface area (Å²) in [6, 6.07) is 18.1. The summed E-state index contributed by atoms with van der Waals surface area (Å²) in [5.74, 6) is 0.653. The smallest absolute Gasteiger partial charge is 0.182 e. The van der Waals surface area contributed by atoms with Crippen molar-refractivity contribution in [3.63, 3.8) is 0 Å². The first kappa shape index (κ1) is 13.6. The summed E-state index contributed by atoms with van der Waals surface area (Å²) in [6.07, 6.45) is 0. The fraction of sp³-hybridized carbons (Fsp3) is 0.0500. The minimum absolute atomic E-state index is 0.101. The van der Waals surface area contributed by atoms with Crippen molar-refractivity contribution >= 4 is 11.0 Å². The zero-order valence-electron chi connectivity index (χ0n) is 12.5. The van der Waals surface area contributed by atoms with Crippen molar-refractivity contribution in [3.8, 4) is 28.2 Å². The van der Waals surface area contributed by atoms with E-state index in [1.807, 2.05) is 13.0 Å². The first-order valence-corrected chi connectivity index (χ1v) is 7.38. The molecule has 2 aromatic rings. The van der Waals surface area contributed by atoms with Gasteiger partial charge in [0.25, 0.3) is 0 Å². The highest BCUT2D eigenvalue weighted by molar-refractivity contribution is 6.02. The molecule has 2 aliphatic rings. The van der Waals surface area contributed by atoms with Crippen molar-refractivity contribution in [2.45, 2.75) is 6.92 Å². The maximum absolute atomic E-state index is 11.7. The van der Waals surface area contributed by atoms with Crippen molar-refractivity contribution in [2.24, 2.45) is 0 Å². The Bertz CT molecular complexity index is 1040. The molecular weight excluding hydrogens is 288 g/mol. The molecule has 0 unspecified atom stereocenters. The average Bonchev–Trinajstić information content (AvgIpc) is 2.53. The Labute approximate surface area is 132 Å². The molecule has 1 aliphatic heterocycles. The van der Waals surface area contributed by atoms with Crippen LogP contribution >= 0.6 is 0 Å². The van der Waals surface area contributed by atoms with E-state index in [-0.39, 0.29) is 11.2 Å². The van der Waals surface area contributed by atoms with Gasteiger partial charge < -0.3 is 9.52 Å². The minimum Gasteiger partial charge on any atom is -0.508 e. The molecule has 112 valence electrons. The number of hydrogen-bond acceptors (Lipinski definition) is 3. The summed E-state index contributed by atoms with van der Waals surface area (Å²) < 4.78 is 5.83. The molecule has 0 spiro atoms. The summed E-state index contributed by atoms with van der Waals surface area (Å²) in [5, 5.41) is 10.6. The Balaban J connectivity index is 2.17. The Hall–Kier alpha value is -3.07. The van der Waals surface area contributed by atoms with Crippen LogP contribution in [0.3, 0.4) is 0 Å². The predicted molar refractivity (Wildman–Crippen MR) is 90.9 cm³/mol. The lowest BCUT2D eigenvalue weighted by Crippen LogP contribution is -1.99. The molecule has 2 aromatic carbocycles. The van der Waals surface area contributed by atoms with E-state index in [0.717, 1.165) is 22.1 Å². The highest BCUT2D eigenvalue weighted by Crippen LogP contribution is 2.40. The van der Waals surface area contributed by atoms with Crippen LogP contribution in [0, 0.1) is 6.92 Å². The fourth-order valence-electron chi connectivity index (χ4n) is 2.89. The lowest BCUT2D eigenvalue weighted by Gasteiger charge is -2.15. The van der Waals surface area contributed by atoms with Crippen LogP contribution in [0.4, 0.5) is 0 Å². The Morgan fingerprint density at radius 3 is 2.48 bits per heavy atom. The first-order valence-electron chi connectivity index (χ1n) is 7.38. The van der Waals surface area contributed by atoms with Gasteiger partial charge in [-0.3, -0.25) is 4.79 Å². The van der Waals surface area contributed by atoms with Gasteiger partial charge in [-0.2, -0.15) is 0 Å². The van der Waals surface area contributed by atoms with Gasteiger partial charge in [0.05, 0.1) is 0 Å². The lowest BCUT2D eigenvalue weighted by atomic mass is 9.93. The monoisotopic (exact) mass is 302 g/mol. The SMILES string of the molecule is Cc1ccc(-c2c3ccc(=O)cc-3oc3cc(O)ccc23)cc1. The zero-order valence-corrected chi connectivity index (χ0v) is 12.5. The van der Waals surface area contributed by atoms with Crippen LogP contribution < -0.4 is 5.43 Å². The summed E-state index contributed by atoms with van der Waals surface area (Å²) in [4.78, 5) is 11.7. The van der Waals surface area contributed by atoms with Crippen molar-refractivity contribution in [2.75, 3.05) is 0 Å². The fourth-order valence-corrected chi connectivity index (χ4v) is 2.89. The molecule has 0 amide bonds. The van der Waals surface area contributed by atoms with Crippen LogP contribution in [0.25, 0.3) is 33.4 Å². The molecule has 0 fully saturated rings. The van der Waals surface area contributed by atoms with E-state index in [0.29, 0.717) is 11.3 Å². The molecule has 4 rings (SSSR count). The second-order valence-corrected chi connectivity index (χ2v) is 5.68. The molecule has 0 radical (unpaired) electrons. The zero-order chi connectivity index (χ0) is 16.0. The van der Waals surface area contributed by atoms with Crippen molar-refractivity contribution in [3.05, 3.63) is 76.5 Å². The number of phenols is 1. The van der Waals surface area contributed by atoms with Crippen LogP contribution in [-0.2, 0) is 0 Å². The van der Waals surface area contributed by atoms with Crippen LogP contribution in [0.2, 0.25) is 0 Å². The number of aromatic hydroxyl groups is 1. The number of rotatable bonds is 1. The van der Waals surface area contributed by atoms with E-state index in [4.69, 9.17) is 4.42 Å². The molecule has 1 aliphatic carbocycles. The second-order valence-electron chi connectivity index (χ2n) is 5.68. The molecule has 0 atom stereocenters. The molecule has 0 saturated heterocycles. The van der Waals surface area contributed by atoms with Crippen molar-refractivity contribution in [1.29, 1.82) is 0 Å². The van der Waals surface area contributed by atoms with E-state index in [1.165, 1.54) is 11.6 Å². The quantitative estimate of drug-likeness (QED) is 0.524. The normalized spacial score (nSPS) is 11.2. The predicted octanol–water partition coefficient (Wildman–Crippen LogP) is 4.58. The van der Waals surface area contributed by atoms with E-state index in [2.05, 4.69) is 24.3 Å². The van der Waals surface area contributed by atoms with Gasteiger partial charge in [-0.1, -0.05) is 29.8 Å². The molecule has 0 saturated carbocycles. The minimum atomic E-state index is -0.101. The topological polar surface area (TPSA) is 50.4 Å². The first-order chi connectivity index (χ1) is 11.1. The summed E-state index contributed by atoms with van der Waals surface area (Å²) in [7, 11) is 0. The van der Waals surface area contributed by atoms with Gasteiger partial charge in [-0.05, 0) is 36.8 Å². The maximum atomic E-state index is 11.7. The largest absolute Gasteiger partial charge is 0.508 e. The molecular formula is C20H14O3. The number of hydrogen-bond donors (Lipinski definition) is 1. The van der Waals surface area contributed by atoms with E-state index in [9.17, 15) is 9.90 Å². The van der Waals surface area contributed by atoms with Gasteiger partial charge in [-0.25, -0.2) is 0 Å². The van der Waals surface area contributed by atoms with Crippen molar-refractivity contribution < 1.29 is 9.52 Å². The van der Waals surface area contributed by atoms with Crippen LogP contribution in [0.1, 0.15) is 5.56 Å². The van der Waals surface area contributed by atoms with Crippen LogP contribution in [0.15, 0.2) is 69.9 Å². The third-order valence-electron chi connectivity index (χ3n) is 4.02. The van der Waals surface area contributed by atoms with Gasteiger partial charge in [0.15, 0.2) is 5.43 Å². The van der Waals surface area contributed by atoms with E-state index < -0.39 is 0 Å². The third-order valence-corrected chi connectivity index (χ3v) is 4.02. The average molecular weight is 302 g/mol. The Morgan fingerprint density at radius 2 is 1.70 bits per heavy atom. The standard InChI is InChI=1S/C20H14O3/c1-12-2-4-13(5-3-12)20-16-8-6-14(21)10-18(16)23-19-11-15(22)7-9-17(19)20/h2-11,21H,1H3. The molecule has 0 bridgehead atoms. The number of fused-ring (bicyclic) bond motifs is 2. The second kappa shape index (κ2) is 4.99. The molecule has 1 heterocycles. The van der Waals surface area contributed by atoms with Gasteiger partial charge in [0, 0.05) is 28.6 Å². The summed E-state index contributed by atoms with van der Waals surface area (Å²) in [6.45, 7) is 2.04. The van der Waals surface area contributed by atoms with Gasteiger partial charge in [-0.15, -0.1) is 0 Å². The molecule has 1 N–H and O–H groups in total. The van der Waals surface area contributed by atoms with Gasteiger partial charge >= 0.3 is 0 Å². The molecule has 3 nitrogen and oxygen atoms in total. The molecule has 3 heteroatoms. The highest BCUT2D eigenvalue weighted by atomic mass is 16.3. The number of aryl methyl sites for hydroxylation is 1. The molecule has 0 aromatic heterocycles. The maximum Gasteiger partial charge on any atom is 0.182 e. The Kier molecular flexibility index (Phi) is 2.95. The third kappa shape index (κ3) is 2.27. The van der Waals surface area contributed by atoms with E-state index in [1.54, 1.807) is 24.3 Å². The van der Waals surface area contributed by atoms with Crippen LogP contribution in [0.5, 0.6) is 5.75 Å². The summed E-state index contributed by atoms with van der Waals surface area (Å²) >= 11 is 0.